The molecule has 0 spiro atoms. The van der Waals surface area contributed by atoms with Crippen molar-refractivity contribution in [2.45, 2.75) is 44.6 Å². The van der Waals surface area contributed by atoms with Crippen LogP contribution in [0.25, 0.3) is 0 Å². The fourth-order valence-corrected chi connectivity index (χ4v) is 4.45. The summed E-state index contributed by atoms with van der Waals surface area (Å²) in [7, 11) is 0. The number of nitrogens with zero attached hydrogens (tertiary/aromatic N) is 3. The van der Waals surface area contributed by atoms with E-state index < -0.39 is 17.8 Å². The standard InChI is InChI=1S/C24H22ClN3O4/c1-24(2)21(29)20(17-9-13(11-26)7-8-19(17)32-24)31-22-15-10-16(15)23(30)28(27-22)12-14-5-3-4-6-18(14)25/h3-9,15-16,20-21,29H,10,12H2,1-2H3/t15-,16+,20?,21?/m1/s1. The minimum Gasteiger partial charge on any atom is -0.485 e. The molecule has 32 heavy (non-hydrogen) atoms. The van der Waals surface area contributed by atoms with Gasteiger partial charge < -0.3 is 14.6 Å². The molecular weight excluding hydrogens is 430 g/mol. The molecule has 2 aliphatic heterocycles. The van der Waals surface area contributed by atoms with Crippen LogP contribution in [0, 0.1) is 23.2 Å². The normalized spacial score (nSPS) is 27.4. The van der Waals surface area contributed by atoms with Crippen molar-refractivity contribution in [1.82, 2.24) is 5.01 Å². The molecule has 5 rings (SSSR count). The Balaban J connectivity index is 1.48. The molecule has 0 radical (unpaired) electrons. The Kier molecular flexibility index (Phi) is 4.88. The van der Waals surface area contributed by atoms with Gasteiger partial charge in [0, 0.05) is 16.5 Å². The lowest BCUT2D eigenvalue weighted by Crippen LogP contribution is -2.50. The van der Waals surface area contributed by atoms with Crippen LogP contribution in [-0.4, -0.2) is 33.6 Å². The molecule has 4 atom stereocenters. The SMILES string of the molecule is CC1(C)Oc2ccc(C#N)cc2C(OC2=NN(Cc3ccccc3Cl)C(=O)[C@H]3C[C@@H]23)C1O. The van der Waals surface area contributed by atoms with Crippen LogP contribution in [0.3, 0.4) is 0 Å². The highest BCUT2D eigenvalue weighted by Gasteiger charge is 2.55. The van der Waals surface area contributed by atoms with E-state index in [1.807, 2.05) is 18.2 Å². The molecule has 0 aromatic heterocycles. The molecule has 7 nitrogen and oxygen atoms in total. The van der Waals surface area contributed by atoms with E-state index in [2.05, 4.69) is 11.2 Å². The maximum absolute atomic E-state index is 12.8. The number of halogens is 1. The fourth-order valence-electron chi connectivity index (χ4n) is 4.26. The maximum Gasteiger partial charge on any atom is 0.247 e. The first-order valence-electron chi connectivity index (χ1n) is 10.5. The Hall–Kier alpha value is -3.08. The topological polar surface area (TPSA) is 95.2 Å². The summed E-state index contributed by atoms with van der Waals surface area (Å²) in [5, 5.41) is 26.8. The van der Waals surface area contributed by atoms with Gasteiger partial charge in [-0.05, 0) is 50.1 Å². The Bertz CT molecular complexity index is 1170. The third-order valence-corrected chi connectivity index (χ3v) is 6.61. The second kappa shape index (κ2) is 7.51. The summed E-state index contributed by atoms with van der Waals surface area (Å²) >= 11 is 6.27. The minimum absolute atomic E-state index is 0.0534. The zero-order valence-corrected chi connectivity index (χ0v) is 18.4. The van der Waals surface area contributed by atoms with Gasteiger partial charge in [0.05, 0.1) is 24.1 Å². The van der Waals surface area contributed by atoms with Crippen LogP contribution in [0.5, 0.6) is 5.75 Å². The van der Waals surface area contributed by atoms with Crippen LogP contribution in [0.2, 0.25) is 5.02 Å². The van der Waals surface area contributed by atoms with Crippen molar-refractivity contribution in [2.75, 3.05) is 0 Å². The quantitative estimate of drug-likeness (QED) is 0.765. The van der Waals surface area contributed by atoms with Gasteiger partial charge in [0.2, 0.25) is 11.8 Å². The predicted octanol–water partition coefficient (Wildman–Crippen LogP) is 3.79. The largest absolute Gasteiger partial charge is 0.485 e. The Morgan fingerprint density at radius 3 is 2.84 bits per heavy atom. The van der Waals surface area contributed by atoms with E-state index in [9.17, 15) is 15.2 Å². The van der Waals surface area contributed by atoms with Crippen molar-refractivity contribution in [3.05, 3.63) is 64.2 Å². The number of fused-ring (bicyclic) bond motifs is 2. The van der Waals surface area contributed by atoms with Crippen LogP contribution >= 0.6 is 11.6 Å². The minimum atomic E-state index is -1.00. The second-order valence-electron chi connectivity index (χ2n) is 8.93. The zero-order valence-electron chi connectivity index (χ0n) is 17.7. The predicted molar refractivity (Wildman–Crippen MR) is 117 cm³/mol. The summed E-state index contributed by atoms with van der Waals surface area (Å²) in [6.07, 6.45) is -1.12. The van der Waals surface area contributed by atoms with Crippen molar-refractivity contribution in [3.8, 4) is 11.8 Å². The van der Waals surface area contributed by atoms with Gasteiger partial charge >= 0.3 is 0 Å². The van der Waals surface area contributed by atoms with E-state index in [-0.39, 0.29) is 24.3 Å². The highest BCUT2D eigenvalue weighted by atomic mass is 35.5. The zero-order chi connectivity index (χ0) is 22.6. The lowest BCUT2D eigenvalue weighted by atomic mass is 9.87. The molecule has 2 aromatic carbocycles. The van der Waals surface area contributed by atoms with E-state index >= 15 is 0 Å². The van der Waals surface area contributed by atoms with E-state index in [0.29, 0.717) is 34.2 Å². The number of aliphatic hydroxyl groups is 1. The lowest BCUT2D eigenvalue weighted by Gasteiger charge is -2.42. The van der Waals surface area contributed by atoms with Gasteiger partial charge in [-0.15, -0.1) is 5.10 Å². The van der Waals surface area contributed by atoms with E-state index in [0.717, 1.165) is 5.56 Å². The third-order valence-electron chi connectivity index (χ3n) is 6.24. The van der Waals surface area contributed by atoms with Gasteiger partial charge in [-0.1, -0.05) is 29.8 Å². The van der Waals surface area contributed by atoms with Crippen LogP contribution in [0.15, 0.2) is 47.6 Å². The first-order chi connectivity index (χ1) is 15.3. The van der Waals surface area contributed by atoms with Crippen molar-refractivity contribution in [1.29, 1.82) is 5.26 Å². The highest BCUT2D eigenvalue weighted by molar-refractivity contribution is 6.31. The molecule has 8 heteroatoms. The molecule has 3 aliphatic rings. The molecule has 1 aliphatic carbocycles. The molecular formula is C24H22ClN3O4. The first-order valence-corrected chi connectivity index (χ1v) is 10.9. The molecule has 1 N–H and O–H groups in total. The molecule has 0 bridgehead atoms. The van der Waals surface area contributed by atoms with Gasteiger partial charge in [-0.3, -0.25) is 4.79 Å². The number of hydrogen-bond acceptors (Lipinski definition) is 6. The van der Waals surface area contributed by atoms with Gasteiger partial charge in [0.1, 0.15) is 17.5 Å². The van der Waals surface area contributed by atoms with E-state index in [1.165, 1.54) is 5.01 Å². The first kappa shape index (κ1) is 20.8. The summed E-state index contributed by atoms with van der Waals surface area (Å²) in [4.78, 5) is 12.8. The fraction of sp³-hybridized carbons (Fsp3) is 0.375. The van der Waals surface area contributed by atoms with Crippen molar-refractivity contribution in [3.63, 3.8) is 0 Å². The Morgan fingerprint density at radius 1 is 1.31 bits per heavy atom. The van der Waals surface area contributed by atoms with Gasteiger partial charge in [-0.2, -0.15) is 5.26 Å². The lowest BCUT2D eigenvalue weighted by molar-refractivity contribution is -0.135. The molecule has 1 fully saturated rings. The van der Waals surface area contributed by atoms with Crippen LogP contribution < -0.4 is 4.74 Å². The average Bonchev–Trinajstić information content (AvgIpc) is 3.57. The van der Waals surface area contributed by atoms with Crippen LogP contribution in [0.1, 0.15) is 43.1 Å². The number of ether oxygens (including phenoxy) is 2. The van der Waals surface area contributed by atoms with E-state index in [1.54, 1.807) is 38.1 Å². The summed E-state index contributed by atoms with van der Waals surface area (Å²) in [6, 6.07) is 14.5. The number of nitriles is 1. The maximum atomic E-state index is 12.8. The molecule has 2 unspecified atom stereocenters. The monoisotopic (exact) mass is 451 g/mol. The molecule has 1 saturated carbocycles. The van der Waals surface area contributed by atoms with Gasteiger partial charge in [0.15, 0.2) is 6.10 Å². The average molecular weight is 452 g/mol. The smallest absolute Gasteiger partial charge is 0.247 e. The summed E-state index contributed by atoms with van der Waals surface area (Å²) in [5.41, 5.74) is 0.918. The number of hydrogen-bond donors (Lipinski definition) is 1. The van der Waals surface area contributed by atoms with Crippen LogP contribution in [-0.2, 0) is 16.1 Å². The summed E-state index contributed by atoms with van der Waals surface area (Å²) < 4.78 is 12.2. The Labute approximate surface area is 190 Å². The summed E-state index contributed by atoms with van der Waals surface area (Å²) in [5.74, 6) is 0.627. The third kappa shape index (κ3) is 3.50. The van der Waals surface area contributed by atoms with Crippen molar-refractivity contribution >= 4 is 23.4 Å². The van der Waals surface area contributed by atoms with Crippen LogP contribution in [0.4, 0.5) is 0 Å². The molecule has 2 heterocycles. The number of carbonyl (C=O) groups excluding carboxylic acids is 1. The summed E-state index contributed by atoms with van der Waals surface area (Å²) in [6.45, 7) is 3.81. The molecule has 0 saturated heterocycles. The van der Waals surface area contributed by atoms with Crippen molar-refractivity contribution < 1.29 is 19.4 Å². The second-order valence-corrected chi connectivity index (χ2v) is 9.33. The number of benzene rings is 2. The van der Waals surface area contributed by atoms with Crippen molar-refractivity contribution in [2.24, 2.45) is 16.9 Å². The number of amides is 1. The van der Waals surface area contributed by atoms with E-state index in [4.69, 9.17) is 21.1 Å². The highest BCUT2D eigenvalue weighted by Crippen LogP contribution is 2.48. The molecule has 164 valence electrons. The number of carbonyl (C=O) groups is 1. The molecule has 1 amide bonds. The number of aliphatic hydroxyl groups excluding tert-OH is 1. The Morgan fingerprint density at radius 2 is 2.09 bits per heavy atom. The number of hydrazone groups is 1. The number of rotatable bonds is 3. The molecule has 2 aromatic rings. The van der Waals surface area contributed by atoms with Gasteiger partial charge in [0.25, 0.3) is 0 Å². The van der Waals surface area contributed by atoms with Gasteiger partial charge in [-0.25, -0.2) is 5.01 Å².